The molecule has 1 aromatic rings. The van der Waals surface area contributed by atoms with Crippen molar-refractivity contribution in [2.75, 3.05) is 7.11 Å². The van der Waals surface area contributed by atoms with Crippen molar-refractivity contribution in [1.29, 1.82) is 0 Å². The van der Waals surface area contributed by atoms with E-state index in [-0.39, 0.29) is 5.75 Å². The Hall–Kier alpha value is -1.71. The number of nitrogens with zero attached hydrogens (tertiary/aromatic N) is 1. The molecule has 0 bridgehead atoms. The molecule has 0 unspecified atom stereocenters. The molecule has 0 aromatic heterocycles. The lowest BCUT2D eigenvalue weighted by atomic mass is 10.2. The normalized spacial score (nSPS) is 10.4. The Labute approximate surface area is 69.7 Å². The summed E-state index contributed by atoms with van der Waals surface area (Å²) < 4.78 is 4.88. The largest absolute Gasteiger partial charge is 0.508 e. The van der Waals surface area contributed by atoms with Crippen LogP contribution in [0, 0.1) is 0 Å². The maximum Gasteiger partial charge on any atom is 0.123 e. The monoisotopic (exact) mass is 167 g/mol. The van der Waals surface area contributed by atoms with Crippen LogP contribution in [0.15, 0.2) is 23.4 Å². The van der Waals surface area contributed by atoms with Crippen LogP contribution in [-0.4, -0.2) is 23.6 Å². The Bertz CT molecular complexity index is 296. The van der Waals surface area contributed by atoms with Crippen molar-refractivity contribution < 1.29 is 15.1 Å². The van der Waals surface area contributed by atoms with Crippen LogP contribution in [-0.2, 0) is 0 Å². The van der Waals surface area contributed by atoms with Gasteiger partial charge in [-0.1, -0.05) is 5.16 Å². The Kier molecular flexibility index (Phi) is 2.53. The Morgan fingerprint density at radius 2 is 2.17 bits per heavy atom. The fourth-order valence-electron chi connectivity index (χ4n) is 0.865. The van der Waals surface area contributed by atoms with Crippen molar-refractivity contribution in [2.24, 2.45) is 5.16 Å². The smallest absolute Gasteiger partial charge is 0.123 e. The van der Waals surface area contributed by atoms with Gasteiger partial charge in [-0.15, -0.1) is 0 Å². The number of phenols is 1. The molecule has 0 aliphatic heterocycles. The van der Waals surface area contributed by atoms with Gasteiger partial charge in [-0.3, -0.25) is 0 Å². The summed E-state index contributed by atoms with van der Waals surface area (Å²) in [6.07, 6.45) is 1.21. The zero-order valence-electron chi connectivity index (χ0n) is 6.56. The Balaban J connectivity index is 3.06. The number of hydrogen-bond donors (Lipinski definition) is 2. The molecule has 0 spiro atoms. The minimum Gasteiger partial charge on any atom is -0.508 e. The second-order valence-electron chi connectivity index (χ2n) is 2.21. The average molecular weight is 167 g/mol. The zero-order valence-corrected chi connectivity index (χ0v) is 6.56. The molecular weight excluding hydrogens is 158 g/mol. The van der Waals surface area contributed by atoms with Crippen LogP contribution >= 0.6 is 0 Å². The van der Waals surface area contributed by atoms with Crippen molar-refractivity contribution in [2.45, 2.75) is 0 Å². The first kappa shape index (κ1) is 8.39. The van der Waals surface area contributed by atoms with Gasteiger partial charge in [-0.2, -0.15) is 0 Å². The van der Waals surface area contributed by atoms with Gasteiger partial charge in [-0.25, -0.2) is 0 Å². The molecule has 0 radical (unpaired) electrons. The summed E-state index contributed by atoms with van der Waals surface area (Å²) in [7, 11) is 1.49. The van der Waals surface area contributed by atoms with Crippen molar-refractivity contribution in [3.05, 3.63) is 23.8 Å². The van der Waals surface area contributed by atoms with E-state index in [4.69, 9.17) is 15.1 Å². The van der Waals surface area contributed by atoms with Crippen molar-refractivity contribution >= 4 is 6.21 Å². The van der Waals surface area contributed by atoms with Crippen molar-refractivity contribution in [3.63, 3.8) is 0 Å². The molecule has 1 aromatic carbocycles. The van der Waals surface area contributed by atoms with E-state index in [1.165, 1.54) is 25.5 Å². The maximum absolute atomic E-state index is 9.13. The number of oxime groups is 1. The van der Waals surface area contributed by atoms with Gasteiger partial charge in [-0.05, 0) is 12.1 Å². The number of benzene rings is 1. The Morgan fingerprint density at radius 1 is 1.42 bits per heavy atom. The number of hydrogen-bond acceptors (Lipinski definition) is 4. The third kappa shape index (κ3) is 1.88. The van der Waals surface area contributed by atoms with Crippen LogP contribution < -0.4 is 4.74 Å². The molecule has 4 heteroatoms. The van der Waals surface area contributed by atoms with E-state index in [2.05, 4.69) is 5.16 Å². The fraction of sp³-hybridized carbons (Fsp3) is 0.125. The highest BCUT2D eigenvalue weighted by Crippen LogP contribution is 2.20. The number of methoxy groups -OCH3 is 1. The predicted molar refractivity (Wildman–Crippen MR) is 44.0 cm³/mol. The number of rotatable bonds is 2. The van der Waals surface area contributed by atoms with Crippen LogP contribution in [0.2, 0.25) is 0 Å². The molecule has 0 saturated carbocycles. The molecule has 64 valence electrons. The molecule has 0 aliphatic rings. The summed E-state index contributed by atoms with van der Waals surface area (Å²) in [5.41, 5.74) is 0.578. The first-order chi connectivity index (χ1) is 5.76. The minimum absolute atomic E-state index is 0.0734. The second kappa shape index (κ2) is 3.61. The highest BCUT2D eigenvalue weighted by atomic mass is 16.5. The van der Waals surface area contributed by atoms with E-state index in [0.29, 0.717) is 11.3 Å². The minimum atomic E-state index is 0.0734. The van der Waals surface area contributed by atoms with E-state index in [0.717, 1.165) is 0 Å². The van der Waals surface area contributed by atoms with Gasteiger partial charge in [0.05, 0.1) is 13.3 Å². The van der Waals surface area contributed by atoms with Gasteiger partial charge in [0.1, 0.15) is 11.5 Å². The van der Waals surface area contributed by atoms with E-state index < -0.39 is 0 Å². The SMILES string of the molecule is COc1cc(O)cc(/C=N/O)c1. The molecule has 0 amide bonds. The standard InChI is InChI=1S/C8H9NO3/c1-12-8-3-6(5-9-11)2-7(10)4-8/h2-5,10-11H,1H3/b9-5+. The molecule has 4 nitrogen and oxygen atoms in total. The van der Waals surface area contributed by atoms with E-state index in [9.17, 15) is 0 Å². The molecule has 0 heterocycles. The second-order valence-corrected chi connectivity index (χ2v) is 2.21. The van der Waals surface area contributed by atoms with Gasteiger partial charge < -0.3 is 15.1 Å². The van der Waals surface area contributed by atoms with Crippen LogP contribution in [0.3, 0.4) is 0 Å². The van der Waals surface area contributed by atoms with Gasteiger partial charge in [0, 0.05) is 11.6 Å². The van der Waals surface area contributed by atoms with Crippen LogP contribution in [0.4, 0.5) is 0 Å². The summed E-state index contributed by atoms with van der Waals surface area (Å²) in [4.78, 5) is 0. The highest BCUT2D eigenvalue weighted by molar-refractivity contribution is 5.80. The molecule has 0 aliphatic carbocycles. The fourth-order valence-corrected chi connectivity index (χ4v) is 0.865. The number of aromatic hydroxyl groups is 1. The molecule has 0 saturated heterocycles. The quantitative estimate of drug-likeness (QED) is 0.395. The lowest BCUT2D eigenvalue weighted by Crippen LogP contribution is -1.86. The lowest BCUT2D eigenvalue weighted by Gasteiger charge is -2.01. The average Bonchev–Trinajstić information content (AvgIpc) is 2.04. The van der Waals surface area contributed by atoms with Gasteiger partial charge in [0.25, 0.3) is 0 Å². The Morgan fingerprint density at radius 3 is 2.75 bits per heavy atom. The summed E-state index contributed by atoms with van der Waals surface area (Å²) in [5.74, 6) is 0.592. The van der Waals surface area contributed by atoms with Gasteiger partial charge in [0.15, 0.2) is 0 Å². The van der Waals surface area contributed by atoms with Crippen LogP contribution in [0.1, 0.15) is 5.56 Å². The van der Waals surface area contributed by atoms with E-state index in [1.807, 2.05) is 0 Å². The molecule has 2 N–H and O–H groups in total. The van der Waals surface area contributed by atoms with Gasteiger partial charge >= 0.3 is 0 Å². The molecule has 0 fully saturated rings. The lowest BCUT2D eigenvalue weighted by molar-refractivity contribution is 0.322. The zero-order chi connectivity index (χ0) is 8.97. The summed E-state index contributed by atoms with van der Waals surface area (Å²) in [6.45, 7) is 0. The summed E-state index contributed by atoms with van der Waals surface area (Å²) in [5, 5.41) is 20.2. The third-order valence-corrected chi connectivity index (χ3v) is 1.36. The molecule has 12 heavy (non-hydrogen) atoms. The summed E-state index contributed by atoms with van der Waals surface area (Å²) in [6, 6.07) is 4.57. The van der Waals surface area contributed by atoms with Crippen LogP contribution in [0.25, 0.3) is 0 Å². The third-order valence-electron chi connectivity index (χ3n) is 1.36. The highest BCUT2D eigenvalue weighted by Gasteiger charge is 1.97. The predicted octanol–water partition coefficient (Wildman–Crippen LogP) is 1.21. The topological polar surface area (TPSA) is 62.0 Å². The van der Waals surface area contributed by atoms with E-state index >= 15 is 0 Å². The number of phenolic OH excluding ortho intramolecular Hbond substituents is 1. The molecule has 1 rings (SSSR count). The van der Waals surface area contributed by atoms with E-state index in [1.54, 1.807) is 6.07 Å². The van der Waals surface area contributed by atoms with Gasteiger partial charge in [0.2, 0.25) is 0 Å². The van der Waals surface area contributed by atoms with Crippen LogP contribution in [0.5, 0.6) is 11.5 Å². The van der Waals surface area contributed by atoms with Crippen molar-refractivity contribution in [3.8, 4) is 11.5 Å². The molecular formula is C8H9NO3. The van der Waals surface area contributed by atoms with Crippen molar-refractivity contribution in [1.82, 2.24) is 0 Å². The number of ether oxygens (including phenoxy) is 1. The summed E-state index contributed by atoms with van der Waals surface area (Å²) >= 11 is 0. The first-order valence-electron chi connectivity index (χ1n) is 3.31. The maximum atomic E-state index is 9.13. The molecule has 0 atom stereocenters. The first-order valence-corrected chi connectivity index (χ1v) is 3.31.